The Morgan fingerprint density at radius 2 is 1.75 bits per heavy atom. The van der Waals surface area contributed by atoms with E-state index in [0.717, 1.165) is 0 Å². The number of fused-ring (bicyclic) bond motifs is 1. The third-order valence-corrected chi connectivity index (χ3v) is 3.62. The lowest BCUT2D eigenvalue weighted by molar-refractivity contribution is -0.136. The summed E-state index contributed by atoms with van der Waals surface area (Å²) in [6, 6.07) is 5.81. The first-order valence-corrected chi connectivity index (χ1v) is 6.35. The third kappa shape index (κ3) is 1.89. The summed E-state index contributed by atoms with van der Waals surface area (Å²) in [5.41, 5.74) is 0.703. The monoisotopic (exact) mass is 272 g/mol. The van der Waals surface area contributed by atoms with Gasteiger partial charge in [-0.05, 0) is 12.5 Å². The number of amides is 3. The van der Waals surface area contributed by atoms with Gasteiger partial charge >= 0.3 is 0 Å². The van der Waals surface area contributed by atoms with Crippen molar-refractivity contribution < 1.29 is 19.2 Å². The fraction of sp³-hybridized carbons (Fsp3) is 0.286. The highest BCUT2D eigenvalue weighted by atomic mass is 16.2. The molecule has 3 amide bonds. The molecular weight excluding hydrogens is 260 g/mol. The molecule has 0 aromatic heterocycles. The lowest BCUT2D eigenvalue weighted by Gasteiger charge is -2.35. The van der Waals surface area contributed by atoms with Crippen LogP contribution in [-0.4, -0.2) is 41.0 Å². The SMILES string of the molecule is O=C1CCC(N2CC(=O)c3ccccc3C2=O)C(=O)N1. The standard InChI is InChI=1S/C14H12N2O4/c17-11-7-16(10-5-6-12(18)15-13(10)19)14(20)9-4-2-1-3-8(9)11/h1-4,10H,5-7H2,(H,15,18,19). The highest BCUT2D eigenvalue weighted by molar-refractivity contribution is 6.15. The van der Waals surface area contributed by atoms with Gasteiger partial charge in [0.05, 0.1) is 12.1 Å². The van der Waals surface area contributed by atoms with Crippen molar-refractivity contribution in [2.75, 3.05) is 6.54 Å². The van der Waals surface area contributed by atoms with Gasteiger partial charge in [0, 0.05) is 12.0 Å². The van der Waals surface area contributed by atoms with Crippen LogP contribution in [0.4, 0.5) is 0 Å². The lowest BCUT2D eigenvalue weighted by Crippen LogP contribution is -2.57. The van der Waals surface area contributed by atoms with Gasteiger partial charge in [-0.25, -0.2) is 0 Å². The molecule has 0 aliphatic carbocycles. The van der Waals surface area contributed by atoms with Gasteiger partial charge in [0.2, 0.25) is 11.8 Å². The van der Waals surface area contributed by atoms with Gasteiger partial charge in [-0.3, -0.25) is 24.5 Å². The molecular formula is C14H12N2O4. The summed E-state index contributed by atoms with van der Waals surface area (Å²) in [6.45, 7) is -0.123. The van der Waals surface area contributed by atoms with Crippen LogP contribution in [0.2, 0.25) is 0 Å². The Morgan fingerprint density at radius 3 is 2.45 bits per heavy atom. The molecule has 2 aliphatic heterocycles. The Bertz CT molecular complexity index is 638. The van der Waals surface area contributed by atoms with Gasteiger partial charge in [-0.15, -0.1) is 0 Å². The number of Topliss-reactive ketones (excluding diaryl/α,β-unsaturated/α-hetero) is 1. The van der Waals surface area contributed by atoms with Crippen molar-refractivity contribution in [3.05, 3.63) is 35.4 Å². The molecule has 0 saturated carbocycles. The van der Waals surface area contributed by atoms with Crippen LogP contribution < -0.4 is 5.32 Å². The molecule has 6 nitrogen and oxygen atoms in total. The Kier molecular flexibility index (Phi) is 2.85. The summed E-state index contributed by atoms with van der Waals surface area (Å²) in [6.07, 6.45) is 0.432. The summed E-state index contributed by atoms with van der Waals surface area (Å²) in [5, 5.41) is 2.20. The molecule has 0 bridgehead atoms. The Labute approximate surface area is 114 Å². The van der Waals surface area contributed by atoms with E-state index >= 15 is 0 Å². The predicted octanol–water partition coefficient (Wildman–Crippen LogP) is 0.130. The van der Waals surface area contributed by atoms with Crippen LogP contribution in [0, 0.1) is 0 Å². The van der Waals surface area contributed by atoms with Gasteiger partial charge < -0.3 is 4.90 Å². The molecule has 1 fully saturated rings. The molecule has 2 aliphatic rings. The van der Waals surface area contributed by atoms with Gasteiger partial charge in [0.1, 0.15) is 6.04 Å². The maximum absolute atomic E-state index is 12.4. The number of rotatable bonds is 1. The maximum atomic E-state index is 12.4. The Morgan fingerprint density at radius 1 is 1.05 bits per heavy atom. The largest absolute Gasteiger partial charge is 0.319 e. The van der Waals surface area contributed by atoms with E-state index in [4.69, 9.17) is 0 Å². The zero-order chi connectivity index (χ0) is 14.3. The number of hydrogen-bond donors (Lipinski definition) is 1. The highest BCUT2D eigenvalue weighted by Crippen LogP contribution is 2.23. The van der Waals surface area contributed by atoms with E-state index < -0.39 is 11.9 Å². The molecule has 1 aromatic carbocycles. The summed E-state index contributed by atoms with van der Waals surface area (Å²) in [7, 11) is 0. The zero-order valence-electron chi connectivity index (χ0n) is 10.6. The summed E-state index contributed by atoms with van der Waals surface area (Å²) >= 11 is 0. The predicted molar refractivity (Wildman–Crippen MR) is 68.0 cm³/mol. The molecule has 3 rings (SSSR count). The van der Waals surface area contributed by atoms with E-state index in [1.807, 2.05) is 0 Å². The zero-order valence-corrected chi connectivity index (χ0v) is 10.6. The van der Waals surface area contributed by atoms with Gasteiger partial charge in [-0.2, -0.15) is 0 Å². The Balaban J connectivity index is 1.93. The Hall–Kier alpha value is -2.50. The molecule has 0 spiro atoms. The van der Waals surface area contributed by atoms with Crippen molar-refractivity contribution in [3.63, 3.8) is 0 Å². The minimum absolute atomic E-state index is 0.123. The smallest absolute Gasteiger partial charge is 0.255 e. The summed E-state index contributed by atoms with van der Waals surface area (Å²) in [4.78, 5) is 48.7. The minimum Gasteiger partial charge on any atom is -0.319 e. The molecule has 1 aromatic rings. The number of carbonyl (C=O) groups excluding carboxylic acids is 4. The quantitative estimate of drug-likeness (QED) is 0.737. The molecule has 0 radical (unpaired) electrons. The van der Waals surface area contributed by atoms with E-state index in [-0.39, 0.29) is 37.0 Å². The number of hydrogen-bond acceptors (Lipinski definition) is 4. The van der Waals surface area contributed by atoms with Crippen LogP contribution in [0.5, 0.6) is 0 Å². The topological polar surface area (TPSA) is 83.6 Å². The highest BCUT2D eigenvalue weighted by Gasteiger charge is 2.39. The van der Waals surface area contributed by atoms with Gasteiger partial charge in [0.25, 0.3) is 5.91 Å². The number of carbonyl (C=O) groups is 4. The summed E-state index contributed by atoms with van der Waals surface area (Å²) < 4.78 is 0. The molecule has 6 heteroatoms. The maximum Gasteiger partial charge on any atom is 0.255 e. The van der Waals surface area contributed by atoms with Crippen molar-refractivity contribution in [2.24, 2.45) is 0 Å². The fourth-order valence-corrected chi connectivity index (χ4v) is 2.61. The van der Waals surface area contributed by atoms with Crippen molar-refractivity contribution in [1.29, 1.82) is 0 Å². The van der Waals surface area contributed by atoms with Gasteiger partial charge in [-0.1, -0.05) is 18.2 Å². The van der Waals surface area contributed by atoms with E-state index in [1.54, 1.807) is 24.3 Å². The number of piperidine rings is 1. The van der Waals surface area contributed by atoms with Crippen molar-refractivity contribution in [2.45, 2.75) is 18.9 Å². The van der Waals surface area contributed by atoms with Crippen LogP contribution in [0.1, 0.15) is 33.6 Å². The molecule has 1 atom stereocenters. The van der Waals surface area contributed by atoms with Gasteiger partial charge in [0.15, 0.2) is 5.78 Å². The van der Waals surface area contributed by atoms with Crippen molar-refractivity contribution in [1.82, 2.24) is 10.2 Å². The first kappa shape index (κ1) is 12.5. The fourth-order valence-electron chi connectivity index (χ4n) is 2.61. The molecule has 1 N–H and O–H groups in total. The lowest BCUT2D eigenvalue weighted by atomic mass is 9.94. The van der Waals surface area contributed by atoms with Crippen molar-refractivity contribution >= 4 is 23.5 Å². The van der Waals surface area contributed by atoms with Crippen molar-refractivity contribution in [3.8, 4) is 0 Å². The first-order chi connectivity index (χ1) is 9.58. The molecule has 20 heavy (non-hydrogen) atoms. The second-order valence-electron chi connectivity index (χ2n) is 4.87. The molecule has 102 valence electrons. The van der Waals surface area contributed by atoms with E-state index in [9.17, 15) is 19.2 Å². The second-order valence-corrected chi connectivity index (χ2v) is 4.87. The van der Waals surface area contributed by atoms with Crippen LogP contribution >= 0.6 is 0 Å². The molecule has 1 unspecified atom stereocenters. The summed E-state index contributed by atoms with van der Waals surface area (Å²) in [5.74, 6) is -1.39. The molecule has 2 heterocycles. The van der Waals surface area contributed by atoms with Crippen LogP contribution in [0.3, 0.4) is 0 Å². The van der Waals surface area contributed by atoms with Crippen LogP contribution in [0.15, 0.2) is 24.3 Å². The third-order valence-electron chi connectivity index (χ3n) is 3.62. The minimum atomic E-state index is -0.752. The average molecular weight is 272 g/mol. The van der Waals surface area contributed by atoms with Crippen LogP contribution in [-0.2, 0) is 9.59 Å². The molecule has 1 saturated heterocycles. The number of imide groups is 1. The van der Waals surface area contributed by atoms with E-state index in [1.165, 1.54) is 4.90 Å². The normalized spacial score (nSPS) is 22.6. The number of benzene rings is 1. The number of nitrogens with zero attached hydrogens (tertiary/aromatic N) is 1. The average Bonchev–Trinajstić information content (AvgIpc) is 2.43. The number of nitrogens with one attached hydrogen (secondary N) is 1. The number of ketones is 1. The van der Waals surface area contributed by atoms with Crippen LogP contribution in [0.25, 0.3) is 0 Å². The second kappa shape index (κ2) is 4.56. The first-order valence-electron chi connectivity index (χ1n) is 6.35. The van der Waals surface area contributed by atoms with E-state index in [0.29, 0.717) is 11.1 Å². The van der Waals surface area contributed by atoms with E-state index in [2.05, 4.69) is 5.32 Å².